The van der Waals surface area contributed by atoms with Gasteiger partial charge in [-0.25, -0.2) is 9.59 Å². The highest BCUT2D eigenvalue weighted by atomic mass is 16.6. The van der Waals surface area contributed by atoms with Crippen LogP contribution in [0.15, 0.2) is 24.3 Å². The zero-order valence-electron chi connectivity index (χ0n) is 9.21. The quantitative estimate of drug-likeness (QED) is 0.768. The Morgan fingerprint density at radius 1 is 1.47 bits per heavy atom. The number of hydrogen-bond donors (Lipinski definition) is 2. The Kier molecular flexibility index (Phi) is 2.63. The van der Waals surface area contributed by atoms with Gasteiger partial charge in [0.1, 0.15) is 0 Å². The number of carbonyl (C=O) groups excluding carboxylic acids is 1. The van der Waals surface area contributed by atoms with Gasteiger partial charge in [0.15, 0.2) is 6.10 Å². The van der Waals surface area contributed by atoms with Gasteiger partial charge in [0, 0.05) is 5.56 Å². The molecule has 1 heterocycles. The van der Waals surface area contributed by atoms with Crippen molar-refractivity contribution in [3.63, 3.8) is 0 Å². The number of carbonyl (C=O) groups is 2. The Morgan fingerprint density at radius 2 is 2.12 bits per heavy atom. The average Bonchev–Trinajstić information content (AvgIpc) is 2.67. The van der Waals surface area contributed by atoms with E-state index in [1.807, 2.05) is 0 Å². The summed E-state index contributed by atoms with van der Waals surface area (Å²) in [5.41, 5.74) is -1.35. The second-order valence-corrected chi connectivity index (χ2v) is 3.96. The number of hydrogen-bond acceptors (Lipinski definition) is 4. The molecule has 5 heteroatoms. The van der Waals surface area contributed by atoms with Crippen molar-refractivity contribution in [1.82, 2.24) is 0 Å². The van der Waals surface area contributed by atoms with Crippen LogP contribution in [0.3, 0.4) is 0 Å². The second kappa shape index (κ2) is 3.85. The lowest BCUT2D eigenvalue weighted by Crippen LogP contribution is -2.44. The summed E-state index contributed by atoms with van der Waals surface area (Å²) in [7, 11) is 0. The smallest absolute Gasteiger partial charge is 0.340 e. The van der Waals surface area contributed by atoms with Crippen molar-refractivity contribution in [1.29, 1.82) is 0 Å². The van der Waals surface area contributed by atoms with Gasteiger partial charge in [-0.15, -0.1) is 0 Å². The molecule has 1 aliphatic rings. The van der Waals surface area contributed by atoms with Crippen molar-refractivity contribution in [2.45, 2.75) is 25.0 Å². The maximum absolute atomic E-state index is 11.5. The SMILES string of the molecule is CCC(O)(C(=O)O)C1OC(=O)c2ccccc21. The Morgan fingerprint density at radius 3 is 2.71 bits per heavy atom. The van der Waals surface area contributed by atoms with Crippen LogP contribution in [0.2, 0.25) is 0 Å². The highest BCUT2D eigenvalue weighted by molar-refractivity contribution is 5.95. The van der Waals surface area contributed by atoms with Crippen LogP contribution in [0.1, 0.15) is 35.4 Å². The van der Waals surface area contributed by atoms with Gasteiger partial charge in [-0.1, -0.05) is 25.1 Å². The molecule has 0 aliphatic carbocycles. The molecule has 0 aromatic heterocycles. The van der Waals surface area contributed by atoms with Crippen LogP contribution in [-0.4, -0.2) is 27.8 Å². The molecule has 2 N–H and O–H groups in total. The Balaban J connectivity index is 2.50. The number of rotatable bonds is 3. The summed E-state index contributed by atoms with van der Waals surface area (Å²) in [5, 5.41) is 19.1. The fourth-order valence-electron chi connectivity index (χ4n) is 1.95. The molecule has 0 fully saturated rings. The number of benzene rings is 1. The van der Waals surface area contributed by atoms with Crippen LogP contribution < -0.4 is 0 Å². The van der Waals surface area contributed by atoms with Gasteiger partial charge in [-0.05, 0) is 12.5 Å². The second-order valence-electron chi connectivity index (χ2n) is 3.96. The maximum atomic E-state index is 11.5. The molecule has 90 valence electrons. The molecule has 0 radical (unpaired) electrons. The van der Waals surface area contributed by atoms with Crippen molar-refractivity contribution < 1.29 is 24.5 Å². The lowest BCUT2D eigenvalue weighted by molar-refractivity contribution is -0.172. The van der Waals surface area contributed by atoms with Crippen LogP contribution >= 0.6 is 0 Å². The minimum atomic E-state index is -2.08. The Labute approximate surface area is 97.6 Å². The first-order valence-electron chi connectivity index (χ1n) is 5.26. The molecule has 0 saturated carbocycles. The van der Waals surface area contributed by atoms with E-state index in [1.165, 1.54) is 6.92 Å². The van der Waals surface area contributed by atoms with E-state index >= 15 is 0 Å². The molecule has 0 saturated heterocycles. The summed E-state index contributed by atoms with van der Waals surface area (Å²) in [6, 6.07) is 6.48. The zero-order valence-corrected chi connectivity index (χ0v) is 9.21. The number of carboxylic acids is 1. The van der Waals surface area contributed by atoms with E-state index in [9.17, 15) is 14.7 Å². The van der Waals surface area contributed by atoms with Crippen molar-refractivity contribution in [3.05, 3.63) is 35.4 Å². The molecule has 1 aromatic rings. The third-order valence-corrected chi connectivity index (χ3v) is 3.03. The summed E-state index contributed by atoms with van der Waals surface area (Å²) in [5.74, 6) is -1.99. The molecule has 2 unspecified atom stereocenters. The maximum Gasteiger partial charge on any atom is 0.340 e. The minimum absolute atomic E-state index is 0.0470. The van der Waals surface area contributed by atoms with Crippen LogP contribution in [0, 0.1) is 0 Å². The number of esters is 1. The van der Waals surface area contributed by atoms with Gasteiger partial charge < -0.3 is 14.9 Å². The largest absolute Gasteiger partial charge is 0.479 e. The highest BCUT2D eigenvalue weighted by Gasteiger charge is 2.50. The predicted molar refractivity (Wildman–Crippen MR) is 57.5 cm³/mol. The van der Waals surface area contributed by atoms with Crippen molar-refractivity contribution in [2.24, 2.45) is 0 Å². The van der Waals surface area contributed by atoms with Crippen molar-refractivity contribution in [3.8, 4) is 0 Å². The lowest BCUT2D eigenvalue weighted by Gasteiger charge is -2.27. The van der Waals surface area contributed by atoms with Crippen molar-refractivity contribution >= 4 is 11.9 Å². The summed E-state index contributed by atoms with van der Waals surface area (Å²) in [4.78, 5) is 22.6. The Hall–Kier alpha value is -1.88. The van der Waals surface area contributed by atoms with Crippen LogP contribution in [-0.2, 0) is 9.53 Å². The molecular formula is C12H12O5. The fourth-order valence-corrected chi connectivity index (χ4v) is 1.95. The van der Waals surface area contributed by atoms with E-state index in [0.717, 1.165) is 0 Å². The number of cyclic esters (lactones) is 1. The first-order chi connectivity index (χ1) is 8.00. The molecule has 2 rings (SSSR count). The number of aliphatic hydroxyl groups is 1. The van der Waals surface area contributed by atoms with Gasteiger partial charge >= 0.3 is 11.9 Å². The number of fused-ring (bicyclic) bond motifs is 1. The van der Waals surface area contributed by atoms with E-state index in [1.54, 1.807) is 24.3 Å². The van der Waals surface area contributed by atoms with E-state index in [0.29, 0.717) is 11.1 Å². The minimum Gasteiger partial charge on any atom is -0.479 e. The van der Waals surface area contributed by atoms with E-state index in [-0.39, 0.29) is 6.42 Å². The summed E-state index contributed by atoms with van der Waals surface area (Å²) in [6.45, 7) is 1.53. The molecule has 2 atom stereocenters. The summed E-state index contributed by atoms with van der Waals surface area (Å²) in [6.07, 6.45) is -1.19. The van der Waals surface area contributed by atoms with E-state index < -0.39 is 23.6 Å². The highest BCUT2D eigenvalue weighted by Crippen LogP contribution is 2.39. The Bertz CT molecular complexity index is 482. The average molecular weight is 236 g/mol. The van der Waals surface area contributed by atoms with Gasteiger partial charge in [-0.2, -0.15) is 0 Å². The van der Waals surface area contributed by atoms with E-state index in [4.69, 9.17) is 9.84 Å². The third kappa shape index (κ3) is 1.59. The molecule has 0 amide bonds. The van der Waals surface area contributed by atoms with Gasteiger partial charge in [0.05, 0.1) is 5.56 Å². The first kappa shape index (κ1) is 11.6. The molecule has 1 aromatic carbocycles. The summed E-state index contributed by atoms with van der Waals surface area (Å²) >= 11 is 0. The van der Waals surface area contributed by atoms with Gasteiger partial charge in [0.25, 0.3) is 0 Å². The number of aliphatic carboxylic acids is 1. The van der Waals surface area contributed by atoms with Gasteiger partial charge in [-0.3, -0.25) is 0 Å². The summed E-state index contributed by atoms with van der Waals surface area (Å²) < 4.78 is 4.98. The molecule has 1 aliphatic heterocycles. The zero-order chi connectivity index (χ0) is 12.6. The van der Waals surface area contributed by atoms with Crippen LogP contribution in [0.4, 0.5) is 0 Å². The number of carboxylic acid groups (broad SMARTS) is 1. The third-order valence-electron chi connectivity index (χ3n) is 3.03. The molecule has 0 spiro atoms. The molecule has 17 heavy (non-hydrogen) atoms. The monoisotopic (exact) mass is 236 g/mol. The van der Waals surface area contributed by atoms with Crippen LogP contribution in [0.5, 0.6) is 0 Å². The van der Waals surface area contributed by atoms with Crippen molar-refractivity contribution in [2.75, 3.05) is 0 Å². The molecular weight excluding hydrogens is 224 g/mol. The fraction of sp³-hybridized carbons (Fsp3) is 0.333. The molecule has 5 nitrogen and oxygen atoms in total. The standard InChI is InChI=1S/C12H12O5/c1-2-12(16,11(14)15)9-7-5-3-4-6-8(7)10(13)17-9/h3-6,9,16H,2H2,1H3,(H,14,15). The normalized spacial score (nSPS) is 21.5. The predicted octanol–water partition coefficient (Wildman–Crippen LogP) is 1.12. The van der Waals surface area contributed by atoms with Crippen LogP contribution in [0.25, 0.3) is 0 Å². The number of ether oxygens (including phenoxy) is 1. The van der Waals surface area contributed by atoms with Gasteiger partial charge in [0.2, 0.25) is 5.60 Å². The van der Waals surface area contributed by atoms with E-state index in [2.05, 4.69) is 0 Å². The first-order valence-corrected chi connectivity index (χ1v) is 5.26. The topological polar surface area (TPSA) is 83.8 Å². The molecule has 0 bridgehead atoms. The lowest BCUT2D eigenvalue weighted by atomic mass is 9.88.